The maximum Gasteiger partial charge on any atom is 0.253 e. The van der Waals surface area contributed by atoms with Crippen LogP contribution in [0.5, 0.6) is 11.5 Å². The van der Waals surface area contributed by atoms with E-state index in [0.717, 1.165) is 11.3 Å². The van der Waals surface area contributed by atoms with E-state index in [1.807, 2.05) is 0 Å². The second kappa shape index (κ2) is 8.05. The Labute approximate surface area is 166 Å². The SMILES string of the molecule is COc1ccc(NC(=O)[C@@H]2CCCN2S(=O)(=O)c2ccc(Cl)s2)c(OC)c1. The maximum atomic E-state index is 12.9. The molecule has 7 nitrogen and oxygen atoms in total. The molecule has 2 heterocycles. The highest BCUT2D eigenvalue weighted by atomic mass is 35.5. The molecule has 0 aliphatic carbocycles. The van der Waals surface area contributed by atoms with Crippen LogP contribution in [0.1, 0.15) is 12.8 Å². The first-order chi connectivity index (χ1) is 12.9. The fraction of sp³-hybridized carbons (Fsp3) is 0.353. The van der Waals surface area contributed by atoms with Gasteiger partial charge in [0.05, 0.1) is 24.2 Å². The van der Waals surface area contributed by atoms with Gasteiger partial charge in [-0.25, -0.2) is 8.42 Å². The monoisotopic (exact) mass is 430 g/mol. The number of hydrogen-bond donors (Lipinski definition) is 1. The molecular weight excluding hydrogens is 412 g/mol. The van der Waals surface area contributed by atoms with E-state index in [9.17, 15) is 13.2 Å². The number of benzene rings is 1. The molecule has 2 aromatic rings. The smallest absolute Gasteiger partial charge is 0.253 e. The molecule has 0 saturated carbocycles. The van der Waals surface area contributed by atoms with Crippen LogP contribution in [-0.2, 0) is 14.8 Å². The third-order valence-electron chi connectivity index (χ3n) is 4.28. The number of methoxy groups -OCH3 is 2. The van der Waals surface area contributed by atoms with Crippen LogP contribution in [0, 0.1) is 0 Å². The summed E-state index contributed by atoms with van der Waals surface area (Å²) in [6, 6.07) is 7.20. The van der Waals surface area contributed by atoms with Crippen molar-refractivity contribution in [3.63, 3.8) is 0 Å². The number of carbonyl (C=O) groups is 1. The lowest BCUT2D eigenvalue weighted by molar-refractivity contribution is -0.119. The normalized spacial score (nSPS) is 17.7. The molecule has 1 amide bonds. The van der Waals surface area contributed by atoms with E-state index in [0.29, 0.717) is 34.4 Å². The summed E-state index contributed by atoms with van der Waals surface area (Å²) in [5.41, 5.74) is 0.451. The van der Waals surface area contributed by atoms with Crippen LogP contribution in [0.25, 0.3) is 0 Å². The Morgan fingerprint density at radius 2 is 2.04 bits per heavy atom. The first-order valence-electron chi connectivity index (χ1n) is 8.17. The van der Waals surface area contributed by atoms with Crippen molar-refractivity contribution < 1.29 is 22.7 Å². The van der Waals surface area contributed by atoms with E-state index in [4.69, 9.17) is 21.1 Å². The average molecular weight is 431 g/mol. The predicted molar refractivity (Wildman–Crippen MR) is 104 cm³/mol. The van der Waals surface area contributed by atoms with Gasteiger partial charge in [-0.1, -0.05) is 11.6 Å². The van der Waals surface area contributed by atoms with Crippen LogP contribution in [0.3, 0.4) is 0 Å². The Morgan fingerprint density at radius 3 is 2.67 bits per heavy atom. The minimum atomic E-state index is -3.78. The zero-order valence-corrected chi connectivity index (χ0v) is 17.2. The van der Waals surface area contributed by atoms with Crippen molar-refractivity contribution in [3.8, 4) is 11.5 Å². The van der Waals surface area contributed by atoms with Gasteiger partial charge in [0.2, 0.25) is 5.91 Å². The summed E-state index contributed by atoms with van der Waals surface area (Å²) < 4.78 is 37.9. The summed E-state index contributed by atoms with van der Waals surface area (Å²) in [5.74, 6) is 0.617. The standard InChI is InChI=1S/C17H19ClN2O5S2/c1-24-11-5-6-12(14(10-11)25-2)19-17(21)13-4-3-9-20(13)27(22,23)16-8-7-15(18)26-16/h5-8,10,13H,3-4,9H2,1-2H3,(H,19,21)/t13-/m0/s1. The molecule has 10 heteroatoms. The van der Waals surface area contributed by atoms with Crippen molar-refractivity contribution in [2.24, 2.45) is 0 Å². The number of nitrogens with zero attached hydrogens (tertiary/aromatic N) is 1. The molecule has 1 N–H and O–H groups in total. The van der Waals surface area contributed by atoms with E-state index in [2.05, 4.69) is 5.32 Å². The number of hydrogen-bond acceptors (Lipinski definition) is 6. The number of amides is 1. The predicted octanol–water partition coefficient (Wildman–Crippen LogP) is 3.21. The van der Waals surface area contributed by atoms with Crippen molar-refractivity contribution in [2.75, 3.05) is 26.1 Å². The van der Waals surface area contributed by atoms with Gasteiger partial charge in [0.1, 0.15) is 21.8 Å². The van der Waals surface area contributed by atoms with E-state index in [-0.39, 0.29) is 10.8 Å². The fourth-order valence-corrected chi connectivity index (χ4v) is 6.23. The van der Waals surface area contributed by atoms with Gasteiger partial charge in [-0.05, 0) is 37.1 Å². The Balaban J connectivity index is 1.82. The zero-order chi connectivity index (χ0) is 19.6. The number of nitrogens with one attached hydrogen (secondary N) is 1. The fourth-order valence-electron chi connectivity index (χ4n) is 2.96. The van der Waals surface area contributed by atoms with Gasteiger partial charge in [-0.15, -0.1) is 11.3 Å². The van der Waals surface area contributed by atoms with E-state index < -0.39 is 22.0 Å². The molecule has 1 aromatic heterocycles. The summed E-state index contributed by atoms with van der Waals surface area (Å²) in [7, 11) is -0.759. The number of carbonyl (C=O) groups excluding carboxylic acids is 1. The lowest BCUT2D eigenvalue weighted by Gasteiger charge is -2.23. The molecule has 1 saturated heterocycles. The van der Waals surface area contributed by atoms with Crippen molar-refractivity contribution in [2.45, 2.75) is 23.1 Å². The second-order valence-corrected chi connectivity index (χ2v) is 9.72. The first-order valence-corrected chi connectivity index (χ1v) is 10.8. The average Bonchev–Trinajstić information content (AvgIpc) is 3.31. The molecule has 1 aliphatic rings. The zero-order valence-electron chi connectivity index (χ0n) is 14.8. The molecule has 3 rings (SSSR count). The Bertz CT molecular complexity index is 945. The van der Waals surface area contributed by atoms with Crippen LogP contribution in [0.4, 0.5) is 5.69 Å². The Morgan fingerprint density at radius 1 is 1.26 bits per heavy atom. The molecule has 146 valence electrons. The number of ether oxygens (including phenoxy) is 2. The molecule has 1 aliphatic heterocycles. The summed E-state index contributed by atoms with van der Waals surface area (Å²) >= 11 is 6.85. The third kappa shape index (κ3) is 4.06. The molecule has 0 spiro atoms. The van der Waals surface area contributed by atoms with E-state index in [1.165, 1.54) is 30.7 Å². The van der Waals surface area contributed by atoms with Gasteiger partial charge in [-0.3, -0.25) is 4.79 Å². The van der Waals surface area contributed by atoms with Crippen molar-refractivity contribution in [1.82, 2.24) is 4.31 Å². The van der Waals surface area contributed by atoms with Gasteiger partial charge in [0, 0.05) is 12.6 Å². The van der Waals surface area contributed by atoms with Crippen LogP contribution in [-0.4, -0.2) is 45.4 Å². The van der Waals surface area contributed by atoms with Gasteiger partial charge < -0.3 is 14.8 Å². The van der Waals surface area contributed by atoms with Crippen LogP contribution in [0.2, 0.25) is 4.34 Å². The molecule has 0 radical (unpaired) electrons. The topological polar surface area (TPSA) is 84.9 Å². The third-order valence-corrected chi connectivity index (χ3v) is 7.89. The summed E-state index contributed by atoms with van der Waals surface area (Å²) in [6.07, 6.45) is 1.05. The van der Waals surface area contributed by atoms with Crippen LogP contribution in [0.15, 0.2) is 34.5 Å². The van der Waals surface area contributed by atoms with Gasteiger partial charge >= 0.3 is 0 Å². The molecule has 1 aromatic carbocycles. The molecule has 0 unspecified atom stereocenters. The first kappa shape index (κ1) is 19.9. The number of sulfonamides is 1. The van der Waals surface area contributed by atoms with Crippen molar-refractivity contribution in [3.05, 3.63) is 34.7 Å². The molecule has 1 atom stereocenters. The second-order valence-electron chi connectivity index (χ2n) is 5.89. The maximum absolute atomic E-state index is 12.9. The summed E-state index contributed by atoms with van der Waals surface area (Å²) in [5, 5.41) is 2.77. The minimum Gasteiger partial charge on any atom is -0.497 e. The van der Waals surface area contributed by atoms with Gasteiger partial charge in [-0.2, -0.15) is 4.31 Å². The van der Waals surface area contributed by atoms with E-state index >= 15 is 0 Å². The number of halogens is 1. The quantitative estimate of drug-likeness (QED) is 0.760. The highest BCUT2D eigenvalue weighted by molar-refractivity contribution is 7.91. The van der Waals surface area contributed by atoms with Crippen LogP contribution >= 0.6 is 22.9 Å². The highest BCUT2D eigenvalue weighted by Gasteiger charge is 2.40. The number of rotatable bonds is 6. The van der Waals surface area contributed by atoms with Gasteiger partial charge in [0.25, 0.3) is 10.0 Å². The van der Waals surface area contributed by atoms with E-state index in [1.54, 1.807) is 18.2 Å². The Hall–Kier alpha value is -1.81. The van der Waals surface area contributed by atoms with Gasteiger partial charge in [0.15, 0.2) is 0 Å². The highest BCUT2D eigenvalue weighted by Crippen LogP contribution is 2.34. The lowest BCUT2D eigenvalue weighted by atomic mass is 10.2. The minimum absolute atomic E-state index is 0.134. The Kier molecular flexibility index (Phi) is 5.95. The largest absolute Gasteiger partial charge is 0.497 e. The van der Waals surface area contributed by atoms with Crippen molar-refractivity contribution in [1.29, 1.82) is 0 Å². The lowest BCUT2D eigenvalue weighted by Crippen LogP contribution is -2.42. The summed E-state index contributed by atoms with van der Waals surface area (Å²) in [6.45, 7) is 0.287. The number of anilines is 1. The molecule has 0 bridgehead atoms. The van der Waals surface area contributed by atoms with Crippen LogP contribution < -0.4 is 14.8 Å². The number of thiophene rings is 1. The molecular formula is C17H19ClN2O5S2. The molecule has 1 fully saturated rings. The molecule has 27 heavy (non-hydrogen) atoms. The summed E-state index contributed by atoms with van der Waals surface area (Å²) in [4.78, 5) is 12.8. The van der Waals surface area contributed by atoms with Crippen molar-refractivity contribution >= 4 is 44.6 Å².